The predicted molar refractivity (Wildman–Crippen MR) is 147 cm³/mol. The number of carbonyl (C=O) groups excluding carboxylic acids is 1. The highest BCUT2D eigenvalue weighted by molar-refractivity contribution is 6.53. The highest BCUT2D eigenvalue weighted by Gasteiger charge is 2.45. The van der Waals surface area contributed by atoms with Gasteiger partial charge in [-0.15, -0.1) is 0 Å². The average molecular weight is 600 g/mol. The van der Waals surface area contributed by atoms with Crippen LogP contribution in [0.25, 0.3) is 0 Å². The molecule has 2 aliphatic heterocycles. The fourth-order valence-corrected chi connectivity index (χ4v) is 5.47. The number of hydrogen-bond acceptors (Lipinski definition) is 6. The first-order valence-electron chi connectivity index (χ1n) is 12.1. The molecule has 1 aromatic heterocycles. The Kier molecular flexibility index (Phi) is 8.57. The highest BCUT2D eigenvalue weighted by atomic mass is 35.5. The first kappa shape index (κ1) is 27.4. The van der Waals surface area contributed by atoms with E-state index < -0.39 is 10.6 Å². The SMILES string of the molecule is O=C(C(Cl)Cl)N1CCN(c2ccc(OC[C@@H]3CO[C@@](Cn4ccnc4)(c4ccc(Cl)cc4Cl)O3)cc2)CC1. The van der Waals surface area contributed by atoms with Crippen molar-refractivity contribution in [2.75, 3.05) is 44.3 Å². The van der Waals surface area contributed by atoms with Crippen molar-refractivity contribution < 1.29 is 19.0 Å². The van der Waals surface area contributed by atoms with E-state index in [4.69, 9.17) is 60.6 Å². The van der Waals surface area contributed by atoms with Crippen molar-refractivity contribution in [3.8, 4) is 5.75 Å². The van der Waals surface area contributed by atoms with Crippen molar-refractivity contribution in [1.29, 1.82) is 0 Å². The largest absolute Gasteiger partial charge is 0.491 e. The number of ether oxygens (including phenoxy) is 3. The van der Waals surface area contributed by atoms with E-state index in [-0.39, 0.29) is 12.0 Å². The molecule has 0 unspecified atom stereocenters. The molecular formula is C26H26Cl4N4O4. The number of aromatic nitrogens is 2. The van der Waals surface area contributed by atoms with Crippen molar-refractivity contribution in [2.45, 2.75) is 23.3 Å². The molecule has 3 heterocycles. The lowest BCUT2D eigenvalue weighted by Gasteiger charge is -2.36. The van der Waals surface area contributed by atoms with Crippen molar-refractivity contribution in [3.63, 3.8) is 0 Å². The molecule has 38 heavy (non-hydrogen) atoms. The van der Waals surface area contributed by atoms with Gasteiger partial charge in [-0.05, 0) is 36.4 Å². The minimum atomic E-state index is -1.10. The number of benzene rings is 2. The van der Waals surface area contributed by atoms with Crippen LogP contribution in [-0.4, -0.2) is 70.7 Å². The van der Waals surface area contributed by atoms with E-state index in [0.717, 1.165) is 11.4 Å². The van der Waals surface area contributed by atoms with E-state index >= 15 is 0 Å². The van der Waals surface area contributed by atoms with Crippen LogP contribution in [0.15, 0.2) is 61.2 Å². The molecule has 2 saturated heterocycles. The number of amides is 1. The zero-order valence-electron chi connectivity index (χ0n) is 20.3. The zero-order chi connectivity index (χ0) is 26.7. The van der Waals surface area contributed by atoms with Gasteiger partial charge in [-0.25, -0.2) is 4.98 Å². The maximum absolute atomic E-state index is 12.0. The van der Waals surface area contributed by atoms with Gasteiger partial charge in [0, 0.05) is 54.8 Å². The highest BCUT2D eigenvalue weighted by Crippen LogP contribution is 2.40. The van der Waals surface area contributed by atoms with Crippen LogP contribution in [0, 0.1) is 0 Å². The summed E-state index contributed by atoms with van der Waals surface area (Å²) in [6, 6.07) is 13.1. The number of nitrogens with zero attached hydrogens (tertiary/aromatic N) is 4. The lowest BCUT2D eigenvalue weighted by molar-refractivity contribution is -0.189. The molecule has 0 N–H and O–H groups in total. The monoisotopic (exact) mass is 598 g/mol. The van der Waals surface area contributed by atoms with Gasteiger partial charge in [0.2, 0.25) is 5.79 Å². The second kappa shape index (κ2) is 11.9. The summed E-state index contributed by atoms with van der Waals surface area (Å²) in [5.74, 6) is -0.631. The van der Waals surface area contributed by atoms with Crippen molar-refractivity contribution in [1.82, 2.24) is 14.5 Å². The molecule has 0 radical (unpaired) electrons. The smallest absolute Gasteiger partial charge is 0.255 e. The summed E-state index contributed by atoms with van der Waals surface area (Å²) in [7, 11) is 0. The summed E-state index contributed by atoms with van der Waals surface area (Å²) >= 11 is 24.1. The van der Waals surface area contributed by atoms with E-state index in [1.165, 1.54) is 0 Å². The normalized spacial score (nSPS) is 21.8. The van der Waals surface area contributed by atoms with Gasteiger partial charge in [-0.3, -0.25) is 4.79 Å². The average Bonchev–Trinajstić information content (AvgIpc) is 3.58. The van der Waals surface area contributed by atoms with Crippen LogP contribution in [-0.2, 0) is 26.6 Å². The number of anilines is 1. The molecule has 0 bridgehead atoms. The number of imidazole rings is 1. The lowest BCUT2D eigenvalue weighted by Crippen LogP contribution is -2.50. The number of halogens is 4. The Bertz CT molecular complexity index is 1240. The summed E-state index contributed by atoms with van der Waals surface area (Å²) in [5.41, 5.74) is 1.74. The maximum atomic E-state index is 12.0. The molecule has 0 spiro atoms. The maximum Gasteiger partial charge on any atom is 0.255 e. The molecule has 2 aromatic carbocycles. The molecule has 12 heteroatoms. The molecule has 0 saturated carbocycles. The first-order chi connectivity index (χ1) is 18.3. The number of piperazine rings is 1. The molecule has 2 fully saturated rings. The molecule has 2 atom stereocenters. The molecular weight excluding hydrogens is 574 g/mol. The Hall–Kier alpha value is -2.20. The van der Waals surface area contributed by atoms with E-state index in [1.54, 1.807) is 29.6 Å². The number of carbonyl (C=O) groups is 1. The number of hydrogen-bond donors (Lipinski definition) is 0. The van der Waals surface area contributed by atoms with Gasteiger partial charge in [0.05, 0.1) is 24.5 Å². The van der Waals surface area contributed by atoms with Gasteiger partial charge in [0.1, 0.15) is 18.5 Å². The third-order valence-corrected chi connectivity index (χ3v) is 7.49. The van der Waals surface area contributed by atoms with E-state index in [2.05, 4.69) is 9.88 Å². The first-order valence-corrected chi connectivity index (χ1v) is 13.7. The van der Waals surface area contributed by atoms with E-state index in [9.17, 15) is 4.79 Å². The quantitative estimate of drug-likeness (QED) is 0.340. The molecule has 1 amide bonds. The molecule has 5 rings (SSSR count). The van der Waals surface area contributed by atoms with Crippen molar-refractivity contribution in [2.24, 2.45) is 0 Å². The second-order valence-electron chi connectivity index (χ2n) is 9.08. The van der Waals surface area contributed by atoms with Crippen molar-refractivity contribution in [3.05, 3.63) is 76.8 Å². The van der Waals surface area contributed by atoms with Gasteiger partial charge < -0.3 is 28.6 Å². The summed E-state index contributed by atoms with van der Waals surface area (Å²) < 4.78 is 20.6. The van der Waals surface area contributed by atoms with Gasteiger partial charge in [-0.1, -0.05) is 52.5 Å². The van der Waals surface area contributed by atoms with Crippen LogP contribution in [0.4, 0.5) is 5.69 Å². The fraction of sp³-hybridized carbons (Fsp3) is 0.385. The van der Waals surface area contributed by atoms with Crippen LogP contribution in [0.3, 0.4) is 0 Å². The van der Waals surface area contributed by atoms with Crippen LogP contribution in [0.2, 0.25) is 10.0 Å². The van der Waals surface area contributed by atoms with Gasteiger partial charge in [0.25, 0.3) is 5.91 Å². The van der Waals surface area contributed by atoms with Crippen LogP contribution >= 0.6 is 46.4 Å². The van der Waals surface area contributed by atoms with Crippen LogP contribution in [0.5, 0.6) is 5.75 Å². The summed E-state index contributed by atoms with van der Waals surface area (Å²) in [5, 5.41) is 0.998. The Morgan fingerprint density at radius 2 is 1.87 bits per heavy atom. The molecule has 202 valence electrons. The minimum Gasteiger partial charge on any atom is -0.491 e. The Morgan fingerprint density at radius 3 is 2.53 bits per heavy atom. The molecule has 3 aromatic rings. The fourth-order valence-electron chi connectivity index (χ4n) is 4.64. The van der Waals surface area contributed by atoms with E-state index in [0.29, 0.717) is 61.5 Å². The third kappa shape index (κ3) is 6.17. The van der Waals surface area contributed by atoms with E-state index in [1.807, 2.05) is 41.1 Å². The van der Waals surface area contributed by atoms with Crippen molar-refractivity contribution >= 4 is 58.0 Å². The zero-order valence-corrected chi connectivity index (χ0v) is 23.3. The lowest BCUT2D eigenvalue weighted by atomic mass is 10.1. The Balaban J connectivity index is 1.19. The van der Waals surface area contributed by atoms with Crippen LogP contribution in [0.1, 0.15) is 5.56 Å². The summed E-state index contributed by atoms with van der Waals surface area (Å²) in [6.07, 6.45) is 4.93. The minimum absolute atomic E-state index is 0.248. The van der Waals surface area contributed by atoms with Gasteiger partial charge >= 0.3 is 0 Å². The Labute approximate surface area is 240 Å². The molecule has 0 aliphatic carbocycles. The number of alkyl halides is 2. The standard InChI is InChI=1S/C26H26Cl4N4O4/c27-18-1-6-22(23(28)13-18)26(16-32-8-7-31-17-32)37-15-21(38-26)14-36-20-4-2-19(3-5-20)33-9-11-34(12-10-33)25(35)24(29)30/h1-8,13,17,21,24H,9-12,14-16H2/t21-,26-/m1/s1. The topological polar surface area (TPSA) is 69.1 Å². The van der Waals surface area contributed by atoms with Gasteiger partial charge in [-0.2, -0.15) is 0 Å². The Morgan fingerprint density at radius 1 is 1.11 bits per heavy atom. The summed E-state index contributed by atoms with van der Waals surface area (Å²) in [6.45, 7) is 3.55. The second-order valence-corrected chi connectivity index (χ2v) is 11.0. The number of rotatable bonds is 8. The van der Waals surface area contributed by atoms with Crippen LogP contribution < -0.4 is 9.64 Å². The molecule has 8 nitrogen and oxygen atoms in total. The summed E-state index contributed by atoms with van der Waals surface area (Å²) in [4.78, 5) is 19.0. The molecule has 2 aliphatic rings. The predicted octanol–water partition coefficient (Wildman–Crippen LogP) is 4.99. The third-order valence-electron chi connectivity index (χ3n) is 6.57. The van der Waals surface area contributed by atoms with Gasteiger partial charge in [0.15, 0.2) is 4.84 Å².